The van der Waals surface area contributed by atoms with Gasteiger partial charge in [0.2, 0.25) is 5.88 Å². The van der Waals surface area contributed by atoms with Crippen LogP contribution in [0.2, 0.25) is 5.02 Å². The van der Waals surface area contributed by atoms with Crippen LogP contribution in [0.25, 0.3) is 11.1 Å². The zero-order chi connectivity index (χ0) is 24.4. The number of piperidine rings is 1. The molecule has 6 nitrogen and oxygen atoms in total. The number of anilines is 1. The van der Waals surface area contributed by atoms with Crippen molar-refractivity contribution in [2.24, 2.45) is 22.6 Å². The van der Waals surface area contributed by atoms with Gasteiger partial charge in [-0.1, -0.05) is 17.7 Å². The van der Waals surface area contributed by atoms with Gasteiger partial charge in [0.15, 0.2) is 0 Å². The fourth-order valence-corrected chi connectivity index (χ4v) is 6.55. The standard InChI is InChI=1S/C28H26ClFN4O2/c29-19-4-5-24(30)21(9-19)18-3-6-25-22(8-18)28(15-35-14-26(31)33-28)23-10-20(11-32-27(23)36-25)34-12-16-1-2-17(7-16)13-34/h3-6,8-11,16-17H,1-2,7,12-15H2,(H2,31,33)/t16?,17?,28-/m0/s1. The fourth-order valence-electron chi connectivity index (χ4n) is 6.38. The molecule has 1 saturated heterocycles. The highest BCUT2D eigenvalue weighted by Crippen LogP contribution is 2.51. The van der Waals surface area contributed by atoms with Crippen molar-refractivity contribution in [1.82, 2.24) is 4.98 Å². The molecular formula is C28H26ClFN4O2. The van der Waals surface area contributed by atoms with Crippen LogP contribution in [-0.2, 0) is 10.3 Å². The number of fused-ring (bicyclic) bond motifs is 6. The number of halogens is 2. The maximum atomic E-state index is 14.8. The molecule has 4 aliphatic rings. The van der Waals surface area contributed by atoms with Crippen molar-refractivity contribution in [2.45, 2.75) is 24.8 Å². The van der Waals surface area contributed by atoms with E-state index in [1.54, 1.807) is 12.1 Å². The number of ether oxygens (including phenoxy) is 2. The Bertz CT molecular complexity index is 1400. The fraction of sp³-hybridized carbons (Fsp3) is 0.357. The minimum absolute atomic E-state index is 0.262. The topological polar surface area (TPSA) is 73.0 Å². The van der Waals surface area contributed by atoms with Gasteiger partial charge in [0.1, 0.15) is 29.5 Å². The number of hydrogen-bond acceptors (Lipinski definition) is 6. The zero-order valence-corrected chi connectivity index (χ0v) is 20.5. The molecule has 7 rings (SSSR count). The monoisotopic (exact) mass is 504 g/mol. The Morgan fingerprint density at radius 2 is 1.89 bits per heavy atom. The first-order chi connectivity index (χ1) is 17.5. The van der Waals surface area contributed by atoms with Gasteiger partial charge in [0, 0.05) is 29.2 Å². The Kier molecular flexibility index (Phi) is 5.02. The molecule has 2 fully saturated rings. The van der Waals surface area contributed by atoms with E-state index in [4.69, 9.17) is 36.8 Å². The molecule has 1 aromatic heterocycles. The molecule has 2 aromatic carbocycles. The van der Waals surface area contributed by atoms with E-state index >= 15 is 0 Å². The normalized spacial score (nSPS) is 26.3. The predicted octanol–water partition coefficient (Wildman–Crippen LogP) is 5.51. The second kappa shape index (κ2) is 8.18. The summed E-state index contributed by atoms with van der Waals surface area (Å²) in [6.07, 6.45) is 5.83. The second-order valence-electron chi connectivity index (χ2n) is 10.4. The third-order valence-electron chi connectivity index (χ3n) is 8.02. The smallest absolute Gasteiger partial charge is 0.225 e. The molecule has 2 unspecified atom stereocenters. The summed E-state index contributed by atoms with van der Waals surface area (Å²) in [5.74, 6) is 2.64. The van der Waals surface area contributed by atoms with Crippen molar-refractivity contribution in [3.05, 3.63) is 70.6 Å². The molecule has 0 radical (unpaired) electrons. The number of amidine groups is 1. The lowest BCUT2D eigenvalue weighted by atomic mass is 9.80. The van der Waals surface area contributed by atoms with Crippen molar-refractivity contribution in [2.75, 3.05) is 31.2 Å². The lowest BCUT2D eigenvalue weighted by molar-refractivity contribution is 0.109. The van der Waals surface area contributed by atoms with Gasteiger partial charge >= 0.3 is 0 Å². The van der Waals surface area contributed by atoms with Crippen LogP contribution in [0.15, 0.2) is 53.7 Å². The van der Waals surface area contributed by atoms with Crippen molar-refractivity contribution in [1.29, 1.82) is 0 Å². The molecule has 3 aromatic rings. The molecule has 3 aliphatic heterocycles. The average molecular weight is 505 g/mol. The number of hydrogen-bond donors (Lipinski definition) is 1. The van der Waals surface area contributed by atoms with Crippen molar-refractivity contribution in [3.63, 3.8) is 0 Å². The van der Waals surface area contributed by atoms with E-state index in [2.05, 4.69) is 11.0 Å². The summed E-state index contributed by atoms with van der Waals surface area (Å²) >= 11 is 6.19. The van der Waals surface area contributed by atoms with E-state index < -0.39 is 5.54 Å². The number of nitrogens with two attached hydrogens (primary N) is 1. The third kappa shape index (κ3) is 3.48. The lowest BCUT2D eigenvalue weighted by Crippen LogP contribution is -2.43. The van der Waals surface area contributed by atoms with Crippen LogP contribution in [-0.4, -0.2) is 37.1 Å². The molecule has 1 saturated carbocycles. The first kappa shape index (κ1) is 22.1. The number of pyridine rings is 1. The average Bonchev–Trinajstić information content (AvgIpc) is 3.22. The van der Waals surface area contributed by atoms with Crippen LogP contribution >= 0.6 is 11.6 Å². The van der Waals surface area contributed by atoms with Crippen LogP contribution in [0.1, 0.15) is 30.4 Å². The summed E-state index contributed by atoms with van der Waals surface area (Å²) in [6.45, 7) is 2.64. The van der Waals surface area contributed by atoms with Crippen molar-refractivity contribution in [3.8, 4) is 22.8 Å². The molecule has 1 aliphatic carbocycles. The summed E-state index contributed by atoms with van der Waals surface area (Å²) in [5, 5.41) is 0.466. The highest BCUT2D eigenvalue weighted by molar-refractivity contribution is 6.30. The van der Waals surface area contributed by atoms with Crippen molar-refractivity contribution < 1.29 is 13.9 Å². The molecule has 184 valence electrons. The Morgan fingerprint density at radius 1 is 1.06 bits per heavy atom. The quantitative estimate of drug-likeness (QED) is 0.498. The Balaban J connectivity index is 1.38. The molecule has 8 heteroatoms. The van der Waals surface area contributed by atoms with Gasteiger partial charge in [0.25, 0.3) is 0 Å². The summed E-state index contributed by atoms with van der Waals surface area (Å²) in [4.78, 5) is 12.1. The molecule has 36 heavy (non-hydrogen) atoms. The van der Waals surface area contributed by atoms with Crippen molar-refractivity contribution >= 4 is 23.1 Å². The number of aliphatic imine (C=N–C) groups is 1. The lowest BCUT2D eigenvalue weighted by Gasteiger charge is -2.40. The molecule has 3 atom stereocenters. The van der Waals surface area contributed by atoms with E-state index in [9.17, 15) is 4.39 Å². The summed E-state index contributed by atoms with van der Waals surface area (Å²) < 4.78 is 27.0. The van der Waals surface area contributed by atoms with E-state index in [0.29, 0.717) is 33.6 Å². The molecular weight excluding hydrogens is 479 g/mol. The number of nitrogens with zero attached hydrogens (tertiary/aromatic N) is 3. The van der Waals surface area contributed by atoms with Gasteiger partial charge in [-0.2, -0.15) is 0 Å². The number of aromatic nitrogens is 1. The molecule has 2 bridgehead atoms. The summed E-state index contributed by atoms with van der Waals surface area (Å²) in [7, 11) is 0. The van der Waals surface area contributed by atoms with E-state index in [1.165, 1.54) is 25.3 Å². The van der Waals surface area contributed by atoms with E-state index in [1.807, 2.05) is 24.4 Å². The van der Waals surface area contributed by atoms with Gasteiger partial charge < -0.3 is 20.1 Å². The van der Waals surface area contributed by atoms with Gasteiger partial charge in [-0.25, -0.2) is 9.37 Å². The van der Waals surface area contributed by atoms with Crippen LogP contribution in [0, 0.1) is 17.7 Å². The Morgan fingerprint density at radius 3 is 2.69 bits per heavy atom. The number of benzene rings is 2. The second-order valence-corrected chi connectivity index (χ2v) is 10.8. The molecule has 2 N–H and O–H groups in total. The minimum atomic E-state index is -0.936. The molecule has 0 amide bonds. The third-order valence-corrected chi connectivity index (χ3v) is 8.26. The minimum Gasteiger partial charge on any atom is -0.438 e. The maximum absolute atomic E-state index is 14.8. The first-order valence-corrected chi connectivity index (χ1v) is 12.8. The largest absolute Gasteiger partial charge is 0.438 e. The van der Waals surface area contributed by atoms with Crippen LogP contribution in [0.4, 0.5) is 10.1 Å². The summed E-state index contributed by atoms with van der Waals surface area (Å²) in [6, 6.07) is 12.2. The maximum Gasteiger partial charge on any atom is 0.225 e. The first-order valence-electron chi connectivity index (χ1n) is 12.4. The molecule has 4 heterocycles. The van der Waals surface area contributed by atoms with Gasteiger partial charge in [-0.05, 0) is 73.1 Å². The SMILES string of the molecule is NC1=N[C@@]2(COC1)c1cc(-c3cc(Cl)ccc3F)ccc1Oc1ncc(N3CC4CCC(C4)C3)cc12. The number of rotatable bonds is 2. The zero-order valence-electron chi connectivity index (χ0n) is 19.7. The summed E-state index contributed by atoms with van der Waals surface area (Å²) in [5.41, 5.74) is 9.05. The van der Waals surface area contributed by atoms with E-state index in [-0.39, 0.29) is 19.0 Å². The van der Waals surface area contributed by atoms with E-state index in [0.717, 1.165) is 41.7 Å². The van der Waals surface area contributed by atoms with Gasteiger partial charge in [-0.15, -0.1) is 0 Å². The Labute approximate surface area is 213 Å². The van der Waals surface area contributed by atoms with Gasteiger partial charge in [0.05, 0.1) is 24.1 Å². The van der Waals surface area contributed by atoms with Crippen LogP contribution in [0.3, 0.4) is 0 Å². The predicted molar refractivity (Wildman–Crippen MR) is 137 cm³/mol. The van der Waals surface area contributed by atoms with Crippen LogP contribution < -0.4 is 15.4 Å². The highest BCUT2D eigenvalue weighted by Gasteiger charge is 2.46. The Hall–Kier alpha value is -3.16. The van der Waals surface area contributed by atoms with Gasteiger partial charge in [-0.3, -0.25) is 4.99 Å². The highest BCUT2D eigenvalue weighted by atomic mass is 35.5. The molecule has 1 spiro atoms. The van der Waals surface area contributed by atoms with Crippen LogP contribution in [0.5, 0.6) is 11.6 Å².